The average molecular weight is 485 g/mol. The Balaban J connectivity index is 1.42. The molecule has 0 aliphatic carbocycles. The maximum Gasteiger partial charge on any atom is 0.269 e. The second-order valence-electron chi connectivity index (χ2n) is 7.96. The zero-order valence-corrected chi connectivity index (χ0v) is 20.2. The summed E-state index contributed by atoms with van der Waals surface area (Å²) >= 11 is 1.55. The van der Waals surface area contributed by atoms with Gasteiger partial charge in [0.2, 0.25) is 5.91 Å². The van der Waals surface area contributed by atoms with E-state index >= 15 is 0 Å². The number of non-ortho nitro benzene ring substituents is 1. The smallest absolute Gasteiger partial charge is 0.269 e. The van der Waals surface area contributed by atoms with Crippen LogP contribution in [0.25, 0.3) is 5.69 Å². The van der Waals surface area contributed by atoms with E-state index in [0.717, 1.165) is 38.0 Å². The van der Waals surface area contributed by atoms with Crippen LogP contribution in [-0.4, -0.2) is 21.6 Å². The normalized spacial score (nSPS) is 11.0. The van der Waals surface area contributed by atoms with Gasteiger partial charge in [-0.15, -0.1) is 0 Å². The molecule has 0 saturated carbocycles. The Morgan fingerprint density at radius 2 is 1.63 bits per heavy atom. The molecule has 0 bridgehead atoms. The highest BCUT2D eigenvalue weighted by Gasteiger charge is 2.11. The highest BCUT2D eigenvalue weighted by atomic mass is 32.2. The molecule has 0 aliphatic heterocycles. The number of nitro groups is 1. The minimum atomic E-state index is -0.400. The molecule has 35 heavy (non-hydrogen) atoms. The van der Waals surface area contributed by atoms with Crippen LogP contribution in [0.3, 0.4) is 0 Å². The maximum atomic E-state index is 12.1. The van der Waals surface area contributed by atoms with Gasteiger partial charge in [-0.05, 0) is 61.9 Å². The quantitative estimate of drug-likeness (QED) is 0.193. The third kappa shape index (κ3) is 6.04. The van der Waals surface area contributed by atoms with Crippen molar-refractivity contribution in [1.29, 1.82) is 0 Å². The lowest BCUT2D eigenvalue weighted by molar-refractivity contribution is -0.384. The van der Waals surface area contributed by atoms with Gasteiger partial charge < -0.3 is 4.57 Å². The summed E-state index contributed by atoms with van der Waals surface area (Å²) in [4.78, 5) is 24.5. The van der Waals surface area contributed by atoms with Crippen LogP contribution in [-0.2, 0) is 11.2 Å². The van der Waals surface area contributed by atoms with Gasteiger partial charge in [0.15, 0.2) is 0 Å². The van der Waals surface area contributed by atoms with Crippen molar-refractivity contribution in [2.45, 2.75) is 30.1 Å². The number of amides is 1. The summed E-state index contributed by atoms with van der Waals surface area (Å²) in [6.07, 6.45) is 1.95. The number of nitrogens with one attached hydrogen (secondary N) is 1. The molecule has 1 aromatic heterocycles. The molecule has 0 atom stereocenters. The van der Waals surface area contributed by atoms with Crippen LogP contribution in [0.5, 0.6) is 0 Å². The van der Waals surface area contributed by atoms with Crippen molar-refractivity contribution in [1.82, 2.24) is 9.99 Å². The topological polar surface area (TPSA) is 89.5 Å². The van der Waals surface area contributed by atoms with Gasteiger partial charge in [0, 0.05) is 44.6 Å². The van der Waals surface area contributed by atoms with Crippen molar-refractivity contribution >= 4 is 29.6 Å². The molecule has 7 nitrogen and oxygen atoms in total. The van der Waals surface area contributed by atoms with E-state index in [1.54, 1.807) is 30.1 Å². The molecule has 8 heteroatoms. The van der Waals surface area contributed by atoms with E-state index in [2.05, 4.69) is 15.1 Å². The number of rotatable bonds is 8. The number of benzene rings is 3. The molecular formula is C27H24N4O3S. The number of hydrazone groups is 1. The maximum absolute atomic E-state index is 12.1. The van der Waals surface area contributed by atoms with E-state index in [9.17, 15) is 14.9 Å². The Morgan fingerprint density at radius 1 is 1.00 bits per heavy atom. The fraction of sp³-hybridized carbons (Fsp3) is 0.111. The molecule has 0 fully saturated rings. The molecule has 0 saturated heterocycles. The van der Waals surface area contributed by atoms with Crippen LogP contribution in [0.2, 0.25) is 0 Å². The zero-order chi connectivity index (χ0) is 24.8. The van der Waals surface area contributed by atoms with E-state index in [1.165, 1.54) is 12.1 Å². The summed E-state index contributed by atoms with van der Waals surface area (Å²) < 4.78 is 2.13. The van der Waals surface area contributed by atoms with Crippen molar-refractivity contribution in [2.24, 2.45) is 5.10 Å². The van der Waals surface area contributed by atoms with E-state index in [4.69, 9.17) is 0 Å². The fourth-order valence-electron chi connectivity index (χ4n) is 3.75. The van der Waals surface area contributed by atoms with Crippen LogP contribution < -0.4 is 5.43 Å². The molecule has 0 aliphatic rings. The monoisotopic (exact) mass is 484 g/mol. The molecule has 4 rings (SSSR count). The number of aryl methyl sites for hydroxylation is 1. The van der Waals surface area contributed by atoms with Gasteiger partial charge in [0.05, 0.1) is 17.6 Å². The first-order chi connectivity index (χ1) is 16.9. The number of hydrogen-bond acceptors (Lipinski definition) is 5. The Hall–Kier alpha value is -4.17. The number of nitro benzene ring substituents is 1. The van der Waals surface area contributed by atoms with Gasteiger partial charge in [0.25, 0.3) is 5.69 Å². The van der Waals surface area contributed by atoms with Gasteiger partial charge in [-0.25, -0.2) is 5.43 Å². The van der Waals surface area contributed by atoms with Crippen LogP contribution in [0.15, 0.2) is 99.8 Å². The molecule has 1 heterocycles. The number of hydrogen-bond donors (Lipinski definition) is 1. The number of carbonyl (C=O) groups excluding carboxylic acids is 1. The lowest BCUT2D eigenvalue weighted by Gasteiger charge is -2.10. The fourth-order valence-corrected chi connectivity index (χ4v) is 4.56. The molecule has 0 radical (unpaired) electrons. The molecule has 0 unspecified atom stereocenters. The summed E-state index contributed by atoms with van der Waals surface area (Å²) in [5, 5.41) is 15.0. The lowest BCUT2D eigenvalue weighted by atomic mass is 10.1. The molecular weight excluding hydrogens is 460 g/mol. The SMILES string of the molecule is Cc1cc(/C=N/NC(=O)Cc2ccccc2)c(C)n1-c1ccc(Sc2ccc([N+](=O)[O-])cc2)cc1. The van der Waals surface area contributed by atoms with Crippen LogP contribution >= 0.6 is 11.8 Å². The first kappa shape index (κ1) is 24.0. The van der Waals surface area contributed by atoms with Crippen LogP contribution in [0.1, 0.15) is 22.5 Å². The van der Waals surface area contributed by atoms with Gasteiger partial charge in [-0.1, -0.05) is 42.1 Å². The summed E-state index contributed by atoms with van der Waals surface area (Å²) in [5.41, 5.74) is 7.62. The highest BCUT2D eigenvalue weighted by Crippen LogP contribution is 2.30. The van der Waals surface area contributed by atoms with Crippen molar-refractivity contribution < 1.29 is 9.72 Å². The van der Waals surface area contributed by atoms with E-state index in [0.29, 0.717) is 0 Å². The zero-order valence-electron chi connectivity index (χ0n) is 19.3. The van der Waals surface area contributed by atoms with E-state index in [1.807, 2.05) is 74.5 Å². The van der Waals surface area contributed by atoms with E-state index in [-0.39, 0.29) is 18.0 Å². The highest BCUT2D eigenvalue weighted by molar-refractivity contribution is 7.99. The first-order valence-corrected chi connectivity index (χ1v) is 11.8. The first-order valence-electron chi connectivity index (χ1n) is 11.0. The van der Waals surface area contributed by atoms with Crippen LogP contribution in [0, 0.1) is 24.0 Å². The number of nitrogens with zero attached hydrogens (tertiary/aromatic N) is 3. The largest absolute Gasteiger partial charge is 0.318 e. The van der Waals surface area contributed by atoms with Gasteiger partial charge >= 0.3 is 0 Å². The molecule has 0 spiro atoms. The average Bonchev–Trinajstić information content (AvgIpc) is 3.13. The minimum absolute atomic E-state index is 0.0818. The lowest BCUT2D eigenvalue weighted by Crippen LogP contribution is -2.19. The van der Waals surface area contributed by atoms with Crippen molar-refractivity contribution in [3.8, 4) is 5.69 Å². The Kier molecular flexibility index (Phi) is 7.42. The summed E-state index contributed by atoms with van der Waals surface area (Å²) in [6.45, 7) is 4.04. The Bertz CT molecular complexity index is 1360. The second kappa shape index (κ2) is 10.8. The van der Waals surface area contributed by atoms with Crippen molar-refractivity contribution in [3.05, 3.63) is 118 Å². The molecule has 4 aromatic rings. The summed E-state index contributed by atoms with van der Waals surface area (Å²) in [5.74, 6) is -0.164. The summed E-state index contributed by atoms with van der Waals surface area (Å²) in [6, 6.07) is 26.2. The third-order valence-corrected chi connectivity index (χ3v) is 6.46. The molecule has 176 valence electrons. The standard InChI is InChI=1S/C27H24N4O3S/c1-19-16-22(18-28-29-27(32)17-21-6-4-3-5-7-21)20(2)30(19)23-8-12-25(13-9-23)35-26-14-10-24(11-15-26)31(33)34/h3-16,18H,17H2,1-2H3,(H,29,32)/b28-18+. The Labute approximate surface area is 207 Å². The molecule has 1 amide bonds. The molecule has 1 N–H and O–H groups in total. The van der Waals surface area contributed by atoms with E-state index < -0.39 is 4.92 Å². The minimum Gasteiger partial charge on any atom is -0.318 e. The predicted octanol–water partition coefficient (Wildman–Crippen LogP) is 5.85. The van der Waals surface area contributed by atoms with Gasteiger partial charge in [0.1, 0.15) is 0 Å². The third-order valence-electron chi connectivity index (χ3n) is 5.45. The molecule has 3 aromatic carbocycles. The van der Waals surface area contributed by atoms with Crippen LogP contribution in [0.4, 0.5) is 5.69 Å². The predicted molar refractivity (Wildman–Crippen MR) is 138 cm³/mol. The van der Waals surface area contributed by atoms with Crippen molar-refractivity contribution in [3.63, 3.8) is 0 Å². The summed E-state index contributed by atoms with van der Waals surface area (Å²) in [7, 11) is 0. The Morgan fingerprint density at radius 3 is 2.26 bits per heavy atom. The van der Waals surface area contributed by atoms with Crippen molar-refractivity contribution in [2.75, 3.05) is 0 Å². The second-order valence-corrected chi connectivity index (χ2v) is 9.11. The number of carbonyl (C=O) groups is 1. The van der Waals surface area contributed by atoms with Gasteiger partial charge in [-0.2, -0.15) is 5.10 Å². The number of aromatic nitrogens is 1. The van der Waals surface area contributed by atoms with Gasteiger partial charge in [-0.3, -0.25) is 14.9 Å².